The number of hydrogen-bond donors (Lipinski definition) is 3. The Labute approximate surface area is 80.2 Å². The maximum atomic E-state index is 11.5. The van der Waals surface area contributed by atoms with Crippen molar-refractivity contribution in [2.75, 3.05) is 0 Å². The van der Waals surface area contributed by atoms with Gasteiger partial charge in [0.2, 0.25) is 5.91 Å². The molecule has 0 aliphatic rings. The van der Waals surface area contributed by atoms with Crippen LogP contribution < -0.4 is 16.8 Å². The Morgan fingerprint density at radius 1 is 1.23 bits per heavy atom. The van der Waals surface area contributed by atoms with Crippen LogP contribution in [0.2, 0.25) is 0 Å². The second-order valence-electron chi connectivity index (χ2n) is 5.22. The molecule has 0 radical (unpaired) electrons. The van der Waals surface area contributed by atoms with Crippen molar-refractivity contribution in [3.05, 3.63) is 0 Å². The Bertz CT molecular complexity index is 182. The van der Waals surface area contributed by atoms with E-state index in [0.717, 1.165) is 6.42 Å². The summed E-state index contributed by atoms with van der Waals surface area (Å²) in [5.74, 6) is 4.93. The number of nitrogens with two attached hydrogens (primary N) is 1. The van der Waals surface area contributed by atoms with E-state index in [9.17, 15) is 4.79 Å². The first-order valence-electron chi connectivity index (χ1n) is 4.45. The van der Waals surface area contributed by atoms with Gasteiger partial charge in [0.1, 0.15) is 0 Å². The third-order valence-corrected chi connectivity index (χ3v) is 1.77. The van der Waals surface area contributed by atoms with Crippen LogP contribution in [0.1, 0.15) is 41.0 Å². The van der Waals surface area contributed by atoms with Crippen LogP contribution in [0.4, 0.5) is 0 Å². The van der Waals surface area contributed by atoms with Crippen molar-refractivity contribution in [2.24, 2.45) is 16.7 Å². The SMILES string of the molecule is CC(C)(C)CC(C)(C)C(=O)NNN. The standard InChI is InChI=1S/C9H21N3O/c1-8(2,3)6-9(4,5)7(13)11-12-10/h12H,6,10H2,1-5H3,(H,11,13). The number of carbonyl (C=O) groups excluding carboxylic acids is 1. The average molecular weight is 187 g/mol. The van der Waals surface area contributed by atoms with Crippen LogP contribution in [0, 0.1) is 10.8 Å². The van der Waals surface area contributed by atoms with Gasteiger partial charge in [-0.1, -0.05) is 34.6 Å². The van der Waals surface area contributed by atoms with E-state index in [4.69, 9.17) is 5.84 Å². The molecule has 0 bridgehead atoms. The van der Waals surface area contributed by atoms with E-state index in [-0.39, 0.29) is 11.3 Å². The predicted molar refractivity (Wildman–Crippen MR) is 53.3 cm³/mol. The predicted octanol–water partition coefficient (Wildman–Crippen LogP) is 0.943. The Kier molecular flexibility index (Phi) is 3.88. The van der Waals surface area contributed by atoms with E-state index in [0.29, 0.717) is 0 Å². The highest BCUT2D eigenvalue weighted by atomic mass is 16.2. The van der Waals surface area contributed by atoms with Crippen LogP contribution in [0.25, 0.3) is 0 Å². The Morgan fingerprint density at radius 3 is 2.00 bits per heavy atom. The fourth-order valence-corrected chi connectivity index (χ4v) is 1.64. The summed E-state index contributed by atoms with van der Waals surface area (Å²) in [4.78, 5) is 11.5. The van der Waals surface area contributed by atoms with Gasteiger partial charge in [-0.3, -0.25) is 16.1 Å². The van der Waals surface area contributed by atoms with Crippen LogP contribution >= 0.6 is 0 Å². The summed E-state index contributed by atoms with van der Waals surface area (Å²) in [6, 6.07) is 0. The number of amides is 1. The molecule has 0 spiro atoms. The van der Waals surface area contributed by atoms with E-state index in [1.54, 1.807) is 0 Å². The van der Waals surface area contributed by atoms with E-state index in [1.165, 1.54) is 0 Å². The van der Waals surface area contributed by atoms with Crippen LogP contribution in [0.15, 0.2) is 0 Å². The highest BCUT2D eigenvalue weighted by molar-refractivity contribution is 5.81. The number of carbonyl (C=O) groups is 1. The molecule has 0 heterocycles. The molecular formula is C9H21N3O. The third kappa shape index (κ3) is 4.85. The topological polar surface area (TPSA) is 67.2 Å². The lowest BCUT2D eigenvalue weighted by molar-refractivity contribution is -0.131. The lowest BCUT2D eigenvalue weighted by atomic mass is 9.76. The minimum Gasteiger partial charge on any atom is -0.278 e. The molecule has 4 N–H and O–H groups in total. The maximum Gasteiger partial charge on any atom is 0.240 e. The van der Waals surface area contributed by atoms with Crippen molar-refractivity contribution >= 4 is 5.91 Å². The molecule has 0 rings (SSSR count). The van der Waals surface area contributed by atoms with Crippen molar-refractivity contribution in [1.82, 2.24) is 11.0 Å². The van der Waals surface area contributed by atoms with Crippen molar-refractivity contribution in [3.63, 3.8) is 0 Å². The first-order chi connectivity index (χ1) is 5.69. The molecule has 0 aromatic carbocycles. The largest absolute Gasteiger partial charge is 0.278 e. The van der Waals surface area contributed by atoms with Gasteiger partial charge in [0, 0.05) is 5.41 Å². The average Bonchev–Trinajstić information content (AvgIpc) is 1.82. The molecule has 0 unspecified atom stereocenters. The molecule has 4 heteroatoms. The fraction of sp³-hybridized carbons (Fsp3) is 0.889. The molecule has 0 aliphatic heterocycles. The quantitative estimate of drug-likeness (QED) is 0.455. The Balaban J connectivity index is 4.30. The van der Waals surface area contributed by atoms with E-state index in [2.05, 4.69) is 31.7 Å². The lowest BCUT2D eigenvalue weighted by Crippen LogP contribution is -2.49. The van der Waals surface area contributed by atoms with Crippen LogP contribution in [0.5, 0.6) is 0 Å². The molecular weight excluding hydrogens is 166 g/mol. The van der Waals surface area contributed by atoms with E-state index >= 15 is 0 Å². The second kappa shape index (κ2) is 4.07. The highest BCUT2D eigenvalue weighted by Gasteiger charge is 2.32. The molecule has 13 heavy (non-hydrogen) atoms. The van der Waals surface area contributed by atoms with Crippen LogP contribution in [-0.4, -0.2) is 5.91 Å². The molecule has 0 aliphatic carbocycles. The molecule has 0 fully saturated rings. The summed E-state index contributed by atoms with van der Waals surface area (Å²) in [5, 5.41) is 0. The summed E-state index contributed by atoms with van der Waals surface area (Å²) < 4.78 is 0. The Hall–Kier alpha value is -0.610. The van der Waals surface area contributed by atoms with Crippen LogP contribution in [0.3, 0.4) is 0 Å². The monoisotopic (exact) mass is 187 g/mol. The van der Waals surface area contributed by atoms with Crippen molar-refractivity contribution in [1.29, 1.82) is 0 Å². The minimum absolute atomic E-state index is 0.0788. The minimum atomic E-state index is -0.398. The number of hydrogen-bond acceptors (Lipinski definition) is 3. The maximum absolute atomic E-state index is 11.5. The van der Waals surface area contributed by atoms with Gasteiger partial charge in [0.05, 0.1) is 0 Å². The lowest BCUT2D eigenvalue weighted by Gasteiger charge is -2.30. The van der Waals surface area contributed by atoms with Crippen molar-refractivity contribution in [3.8, 4) is 0 Å². The summed E-state index contributed by atoms with van der Waals surface area (Å²) in [7, 11) is 0. The second-order valence-corrected chi connectivity index (χ2v) is 5.22. The molecule has 0 aromatic rings. The molecule has 4 nitrogen and oxygen atoms in total. The van der Waals surface area contributed by atoms with Gasteiger partial charge in [0.15, 0.2) is 0 Å². The first-order valence-corrected chi connectivity index (χ1v) is 4.45. The zero-order valence-electron chi connectivity index (χ0n) is 9.19. The zero-order valence-corrected chi connectivity index (χ0v) is 9.19. The fourth-order valence-electron chi connectivity index (χ4n) is 1.64. The molecule has 1 amide bonds. The molecule has 0 saturated heterocycles. The van der Waals surface area contributed by atoms with Crippen molar-refractivity contribution in [2.45, 2.75) is 41.0 Å². The number of hydrazine groups is 2. The first kappa shape index (κ1) is 12.4. The summed E-state index contributed by atoms with van der Waals surface area (Å²) >= 11 is 0. The zero-order chi connectivity index (χ0) is 10.7. The van der Waals surface area contributed by atoms with Crippen LogP contribution in [-0.2, 0) is 4.79 Å². The van der Waals surface area contributed by atoms with E-state index in [1.807, 2.05) is 13.8 Å². The molecule has 0 saturated carbocycles. The van der Waals surface area contributed by atoms with Gasteiger partial charge in [-0.05, 0) is 11.8 Å². The number of rotatable bonds is 3. The molecule has 0 atom stereocenters. The Morgan fingerprint density at radius 2 is 1.69 bits per heavy atom. The van der Waals surface area contributed by atoms with Gasteiger partial charge < -0.3 is 0 Å². The normalized spacial score (nSPS) is 12.8. The molecule has 0 aromatic heterocycles. The van der Waals surface area contributed by atoms with Gasteiger partial charge in [-0.2, -0.15) is 5.53 Å². The number of nitrogens with one attached hydrogen (secondary N) is 2. The van der Waals surface area contributed by atoms with Gasteiger partial charge >= 0.3 is 0 Å². The van der Waals surface area contributed by atoms with Gasteiger partial charge in [-0.15, -0.1) is 0 Å². The smallest absolute Gasteiger partial charge is 0.240 e. The summed E-state index contributed by atoms with van der Waals surface area (Å²) in [6.45, 7) is 10.1. The summed E-state index contributed by atoms with van der Waals surface area (Å²) in [6.07, 6.45) is 0.813. The van der Waals surface area contributed by atoms with Gasteiger partial charge in [0.25, 0.3) is 0 Å². The third-order valence-electron chi connectivity index (χ3n) is 1.77. The van der Waals surface area contributed by atoms with E-state index < -0.39 is 5.41 Å². The molecule has 78 valence electrons. The van der Waals surface area contributed by atoms with Crippen molar-refractivity contribution < 1.29 is 4.79 Å². The van der Waals surface area contributed by atoms with Gasteiger partial charge in [-0.25, -0.2) is 0 Å². The summed E-state index contributed by atoms with van der Waals surface area (Å²) in [5.41, 5.74) is 4.29. The highest BCUT2D eigenvalue weighted by Crippen LogP contribution is 2.32.